The summed E-state index contributed by atoms with van der Waals surface area (Å²) in [5.74, 6) is 3.42. The van der Waals surface area contributed by atoms with Crippen LogP contribution in [0.3, 0.4) is 0 Å². The molecule has 8 nitrogen and oxygen atoms in total. The molecule has 2 N–H and O–H groups in total. The van der Waals surface area contributed by atoms with E-state index < -0.39 is 0 Å². The van der Waals surface area contributed by atoms with E-state index >= 15 is 0 Å². The summed E-state index contributed by atoms with van der Waals surface area (Å²) in [6, 6.07) is 0.515. The third-order valence-corrected chi connectivity index (χ3v) is 6.74. The van der Waals surface area contributed by atoms with Crippen LogP contribution >= 0.6 is 0 Å². The highest BCUT2D eigenvalue weighted by atomic mass is 16.5. The highest BCUT2D eigenvalue weighted by molar-refractivity contribution is 5.80. The van der Waals surface area contributed by atoms with Crippen LogP contribution in [0.1, 0.15) is 56.4 Å². The molecular formula is C24H44N6O2. The number of rotatable bonds is 10. The van der Waals surface area contributed by atoms with Gasteiger partial charge in [-0.3, -0.25) is 9.89 Å². The zero-order valence-electron chi connectivity index (χ0n) is 20.7. The molecule has 1 aromatic rings. The molecule has 0 atom stereocenters. The first-order valence-corrected chi connectivity index (χ1v) is 12.5. The Hall–Kier alpha value is -1.64. The number of aliphatic imine (C=N–C) groups is 1. The molecule has 0 aliphatic carbocycles. The summed E-state index contributed by atoms with van der Waals surface area (Å²) in [5.41, 5.74) is 1.00. The molecule has 3 heterocycles. The van der Waals surface area contributed by atoms with Gasteiger partial charge in [-0.15, -0.1) is 0 Å². The van der Waals surface area contributed by atoms with Gasteiger partial charge in [-0.2, -0.15) is 0 Å². The number of nitrogens with one attached hydrogen (secondary N) is 2. The predicted molar refractivity (Wildman–Crippen MR) is 129 cm³/mol. The smallest absolute Gasteiger partial charge is 0.208 e. The number of aromatic nitrogens is 1. The van der Waals surface area contributed by atoms with Crippen LogP contribution in [0.25, 0.3) is 0 Å². The first-order chi connectivity index (χ1) is 15.6. The van der Waals surface area contributed by atoms with Gasteiger partial charge in [-0.25, -0.2) is 4.98 Å². The first kappa shape index (κ1) is 25.0. The van der Waals surface area contributed by atoms with E-state index in [4.69, 9.17) is 14.1 Å². The minimum atomic E-state index is 0.515. The molecule has 0 saturated carbocycles. The highest BCUT2D eigenvalue weighted by Crippen LogP contribution is 2.20. The number of oxazole rings is 1. The van der Waals surface area contributed by atoms with Crippen LogP contribution in [0.2, 0.25) is 0 Å². The van der Waals surface area contributed by atoms with Crippen LogP contribution in [0.4, 0.5) is 0 Å². The second-order valence-corrected chi connectivity index (χ2v) is 9.29. The molecule has 0 radical (unpaired) electrons. The van der Waals surface area contributed by atoms with Crippen molar-refractivity contribution in [2.45, 2.75) is 65.5 Å². The average Bonchev–Trinajstić information content (AvgIpc) is 3.11. The molecular weight excluding hydrogens is 404 g/mol. The maximum Gasteiger partial charge on any atom is 0.208 e. The van der Waals surface area contributed by atoms with Gasteiger partial charge in [0.1, 0.15) is 5.76 Å². The Morgan fingerprint density at radius 1 is 1.12 bits per heavy atom. The topological polar surface area (TPSA) is 78.2 Å². The molecule has 2 aliphatic rings. The van der Waals surface area contributed by atoms with Crippen molar-refractivity contribution >= 4 is 5.96 Å². The standard InChI is InChI=1S/C24H44N6O2/c1-5-25-24(28-22-9-14-29(15-10-22)11-6-16-31-4)26-17-21-7-12-30(13-8-21)18-23-27-19(2)20(3)32-23/h21-22H,5-18H2,1-4H3,(H2,25,26,28). The van der Waals surface area contributed by atoms with Crippen molar-refractivity contribution in [3.05, 3.63) is 17.3 Å². The summed E-state index contributed by atoms with van der Waals surface area (Å²) in [4.78, 5) is 14.5. The lowest BCUT2D eigenvalue weighted by Crippen LogP contribution is -2.49. The van der Waals surface area contributed by atoms with E-state index in [1.165, 1.54) is 25.7 Å². The largest absolute Gasteiger partial charge is 0.444 e. The second kappa shape index (κ2) is 13.2. The molecule has 32 heavy (non-hydrogen) atoms. The van der Waals surface area contributed by atoms with Crippen molar-refractivity contribution in [3.8, 4) is 0 Å². The molecule has 2 fully saturated rings. The van der Waals surface area contributed by atoms with Crippen LogP contribution in [0, 0.1) is 19.8 Å². The number of hydrogen-bond donors (Lipinski definition) is 2. The summed E-state index contributed by atoms with van der Waals surface area (Å²) in [6.07, 6.45) is 5.84. The van der Waals surface area contributed by atoms with E-state index in [1.807, 2.05) is 13.8 Å². The Balaban J connectivity index is 1.38. The normalized spacial score (nSPS) is 20.1. The quantitative estimate of drug-likeness (QED) is 0.324. The van der Waals surface area contributed by atoms with E-state index in [0.717, 1.165) is 88.7 Å². The number of hydrogen-bond acceptors (Lipinski definition) is 6. The fourth-order valence-corrected chi connectivity index (χ4v) is 4.59. The summed E-state index contributed by atoms with van der Waals surface area (Å²) in [6.45, 7) is 15.2. The lowest BCUT2D eigenvalue weighted by Gasteiger charge is -2.33. The second-order valence-electron chi connectivity index (χ2n) is 9.29. The number of nitrogens with zero attached hydrogens (tertiary/aromatic N) is 4. The third-order valence-electron chi connectivity index (χ3n) is 6.74. The lowest BCUT2D eigenvalue weighted by atomic mass is 9.97. The molecule has 2 aliphatic heterocycles. The minimum Gasteiger partial charge on any atom is -0.444 e. The van der Waals surface area contributed by atoms with Gasteiger partial charge >= 0.3 is 0 Å². The zero-order valence-corrected chi connectivity index (χ0v) is 20.7. The van der Waals surface area contributed by atoms with Crippen molar-refractivity contribution in [1.82, 2.24) is 25.4 Å². The Kier molecular flexibility index (Phi) is 10.3. The van der Waals surface area contributed by atoms with E-state index in [9.17, 15) is 0 Å². The van der Waals surface area contributed by atoms with Gasteiger partial charge in [0.05, 0.1) is 12.2 Å². The van der Waals surface area contributed by atoms with Gasteiger partial charge in [0.2, 0.25) is 5.89 Å². The Morgan fingerprint density at radius 3 is 2.47 bits per heavy atom. The summed E-state index contributed by atoms with van der Waals surface area (Å²) in [7, 11) is 1.78. The van der Waals surface area contributed by atoms with E-state index in [2.05, 4.69) is 32.3 Å². The van der Waals surface area contributed by atoms with Crippen LogP contribution in [-0.2, 0) is 11.3 Å². The van der Waals surface area contributed by atoms with Gasteiger partial charge in [0, 0.05) is 52.5 Å². The molecule has 0 bridgehead atoms. The fraction of sp³-hybridized carbons (Fsp3) is 0.833. The Bertz CT molecular complexity index is 671. The van der Waals surface area contributed by atoms with Crippen molar-refractivity contribution in [3.63, 3.8) is 0 Å². The summed E-state index contributed by atoms with van der Waals surface area (Å²) < 4.78 is 10.9. The first-order valence-electron chi connectivity index (χ1n) is 12.5. The van der Waals surface area contributed by atoms with Gasteiger partial charge in [-0.1, -0.05) is 0 Å². The van der Waals surface area contributed by atoms with E-state index in [1.54, 1.807) is 7.11 Å². The predicted octanol–water partition coefficient (Wildman–Crippen LogP) is 2.56. The molecule has 0 aromatic carbocycles. The molecule has 3 rings (SSSR count). The SMILES string of the molecule is CCNC(=NCC1CCN(Cc2nc(C)c(C)o2)CC1)NC1CCN(CCCOC)CC1. The molecule has 0 spiro atoms. The molecule has 1 aromatic heterocycles. The Morgan fingerprint density at radius 2 is 1.84 bits per heavy atom. The molecule has 182 valence electrons. The van der Waals surface area contributed by atoms with Crippen LogP contribution < -0.4 is 10.6 Å². The van der Waals surface area contributed by atoms with Crippen LogP contribution in [-0.4, -0.2) is 86.3 Å². The monoisotopic (exact) mass is 448 g/mol. The van der Waals surface area contributed by atoms with Crippen molar-refractivity contribution in [1.29, 1.82) is 0 Å². The average molecular weight is 449 g/mol. The van der Waals surface area contributed by atoms with Crippen molar-refractivity contribution in [2.24, 2.45) is 10.9 Å². The number of guanidine groups is 1. The maximum absolute atomic E-state index is 5.75. The van der Waals surface area contributed by atoms with Gasteiger partial charge < -0.3 is 24.7 Å². The van der Waals surface area contributed by atoms with Crippen LogP contribution in [0.5, 0.6) is 0 Å². The number of piperidine rings is 2. The summed E-state index contributed by atoms with van der Waals surface area (Å²) in [5, 5.41) is 7.14. The van der Waals surface area contributed by atoms with E-state index in [0.29, 0.717) is 12.0 Å². The van der Waals surface area contributed by atoms with Crippen LogP contribution in [0.15, 0.2) is 9.41 Å². The molecule has 0 unspecified atom stereocenters. The van der Waals surface area contributed by atoms with E-state index in [-0.39, 0.29) is 0 Å². The highest BCUT2D eigenvalue weighted by Gasteiger charge is 2.22. The van der Waals surface area contributed by atoms with Gasteiger partial charge in [0.25, 0.3) is 0 Å². The van der Waals surface area contributed by atoms with Gasteiger partial charge in [-0.05, 0) is 71.9 Å². The zero-order chi connectivity index (χ0) is 22.8. The van der Waals surface area contributed by atoms with Crippen molar-refractivity contribution < 1.29 is 9.15 Å². The number of likely N-dealkylation sites (tertiary alicyclic amines) is 2. The number of methoxy groups -OCH3 is 1. The minimum absolute atomic E-state index is 0.515. The summed E-state index contributed by atoms with van der Waals surface area (Å²) >= 11 is 0. The molecule has 2 saturated heterocycles. The molecule has 0 amide bonds. The third kappa shape index (κ3) is 8.05. The number of ether oxygens (including phenoxy) is 1. The lowest BCUT2D eigenvalue weighted by molar-refractivity contribution is 0.155. The molecule has 8 heteroatoms. The fourth-order valence-electron chi connectivity index (χ4n) is 4.59. The number of aryl methyl sites for hydroxylation is 2. The Labute approximate surface area is 194 Å². The van der Waals surface area contributed by atoms with Gasteiger partial charge in [0.15, 0.2) is 5.96 Å². The maximum atomic E-state index is 5.75. The van der Waals surface area contributed by atoms with Crippen molar-refractivity contribution in [2.75, 3.05) is 59.5 Å².